The van der Waals surface area contributed by atoms with Crippen molar-refractivity contribution in [1.82, 2.24) is 9.88 Å². The van der Waals surface area contributed by atoms with E-state index in [1.165, 1.54) is 37.8 Å². The number of methoxy groups -OCH3 is 1. The predicted molar refractivity (Wildman–Crippen MR) is 112 cm³/mol. The summed E-state index contributed by atoms with van der Waals surface area (Å²) in [6.45, 7) is 7.12. The minimum Gasteiger partial charge on any atom is -0.492 e. The van der Waals surface area contributed by atoms with Gasteiger partial charge in [0.05, 0.1) is 23.9 Å². The molecule has 1 aromatic heterocycles. The molecule has 0 amide bonds. The minimum absolute atomic E-state index is 0.345. The number of esters is 1. The van der Waals surface area contributed by atoms with Crippen LogP contribution in [0.1, 0.15) is 41.6 Å². The smallest absolute Gasteiger partial charge is 0.349 e. The first kappa shape index (κ1) is 20.3. The Kier molecular flexibility index (Phi) is 6.89. The summed E-state index contributed by atoms with van der Waals surface area (Å²) in [6.07, 6.45) is 3.64. The van der Waals surface area contributed by atoms with Gasteiger partial charge >= 0.3 is 5.97 Å². The van der Waals surface area contributed by atoms with Crippen LogP contribution in [0.4, 0.5) is 0 Å². The maximum Gasteiger partial charge on any atom is 0.349 e. The van der Waals surface area contributed by atoms with E-state index in [1.54, 1.807) is 0 Å². The summed E-state index contributed by atoms with van der Waals surface area (Å²) in [7, 11) is 1.38. The molecule has 146 valence electrons. The molecule has 1 unspecified atom stereocenters. The van der Waals surface area contributed by atoms with Crippen LogP contribution in [-0.2, 0) is 4.74 Å². The van der Waals surface area contributed by atoms with Crippen molar-refractivity contribution in [3.8, 4) is 16.3 Å². The summed E-state index contributed by atoms with van der Waals surface area (Å²) in [5.41, 5.74) is 1.64. The van der Waals surface area contributed by atoms with E-state index in [4.69, 9.17) is 9.47 Å². The van der Waals surface area contributed by atoms with Gasteiger partial charge in [-0.2, -0.15) is 0 Å². The van der Waals surface area contributed by atoms with E-state index in [0.29, 0.717) is 23.2 Å². The molecular formula is C20H25BrN2O3S. The van der Waals surface area contributed by atoms with E-state index in [-0.39, 0.29) is 5.97 Å². The fraction of sp³-hybridized carbons (Fsp3) is 0.500. The van der Waals surface area contributed by atoms with Crippen LogP contribution in [0.25, 0.3) is 10.6 Å². The Morgan fingerprint density at radius 1 is 1.44 bits per heavy atom. The first-order valence-corrected chi connectivity index (χ1v) is 10.8. The zero-order valence-electron chi connectivity index (χ0n) is 16.0. The van der Waals surface area contributed by atoms with Crippen LogP contribution in [0.15, 0.2) is 22.7 Å². The highest BCUT2D eigenvalue weighted by molar-refractivity contribution is 9.10. The van der Waals surface area contributed by atoms with Gasteiger partial charge in [0.25, 0.3) is 0 Å². The minimum atomic E-state index is -0.345. The Labute approximate surface area is 172 Å². The van der Waals surface area contributed by atoms with Crippen molar-refractivity contribution in [3.05, 3.63) is 33.2 Å². The fourth-order valence-electron chi connectivity index (χ4n) is 3.33. The van der Waals surface area contributed by atoms with E-state index in [2.05, 4.69) is 32.7 Å². The van der Waals surface area contributed by atoms with E-state index in [0.717, 1.165) is 33.8 Å². The van der Waals surface area contributed by atoms with Crippen molar-refractivity contribution in [1.29, 1.82) is 0 Å². The number of carbonyl (C=O) groups is 1. The number of benzene rings is 1. The number of likely N-dealkylation sites (tertiary alicyclic amines) is 1. The van der Waals surface area contributed by atoms with E-state index < -0.39 is 0 Å². The predicted octanol–water partition coefficient (Wildman–Crippen LogP) is 4.92. The highest BCUT2D eigenvalue weighted by Gasteiger charge is 2.19. The molecule has 27 heavy (non-hydrogen) atoms. The fourth-order valence-corrected chi connectivity index (χ4v) is 4.80. The Morgan fingerprint density at radius 2 is 2.26 bits per heavy atom. The lowest BCUT2D eigenvalue weighted by atomic mass is 10.2. The zero-order valence-corrected chi connectivity index (χ0v) is 18.4. The summed E-state index contributed by atoms with van der Waals surface area (Å²) < 4.78 is 11.6. The lowest BCUT2D eigenvalue weighted by molar-refractivity contribution is 0.0605. The maximum atomic E-state index is 11.8. The van der Waals surface area contributed by atoms with Gasteiger partial charge in [-0.1, -0.05) is 0 Å². The van der Waals surface area contributed by atoms with Gasteiger partial charge < -0.3 is 14.4 Å². The molecule has 1 saturated heterocycles. The quantitative estimate of drug-likeness (QED) is 0.440. The lowest BCUT2D eigenvalue weighted by Gasteiger charge is -2.20. The molecule has 7 heteroatoms. The third-order valence-corrected chi connectivity index (χ3v) is 6.69. The Balaban J connectivity index is 1.59. The molecule has 0 spiro atoms. The number of rotatable bonds is 7. The highest BCUT2D eigenvalue weighted by Crippen LogP contribution is 2.34. The number of halogens is 1. The molecule has 1 aliphatic heterocycles. The molecule has 2 aromatic rings. The molecular weight excluding hydrogens is 428 g/mol. The Bertz CT molecular complexity index is 809. The van der Waals surface area contributed by atoms with Crippen LogP contribution in [-0.4, -0.2) is 48.7 Å². The van der Waals surface area contributed by atoms with Gasteiger partial charge in [-0.3, -0.25) is 0 Å². The molecule has 1 aliphatic rings. The second-order valence-electron chi connectivity index (χ2n) is 6.80. The van der Waals surface area contributed by atoms with E-state index >= 15 is 0 Å². The van der Waals surface area contributed by atoms with E-state index in [9.17, 15) is 4.79 Å². The summed E-state index contributed by atoms with van der Waals surface area (Å²) in [5.74, 6) is 0.484. The molecule has 3 rings (SSSR count). The number of aromatic nitrogens is 1. The van der Waals surface area contributed by atoms with Gasteiger partial charge in [0, 0.05) is 18.2 Å². The normalized spacial score (nSPS) is 17.3. The van der Waals surface area contributed by atoms with Crippen LogP contribution < -0.4 is 4.74 Å². The van der Waals surface area contributed by atoms with Gasteiger partial charge in [-0.25, -0.2) is 9.78 Å². The second kappa shape index (κ2) is 9.17. The van der Waals surface area contributed by atoms with Gasteiger partial charge in [0.1, 0.15) is 15.6 Å². The van der Waals surface area contributed by atoms with Crippen LogP contribution in [0.2, 0.25) is 0 Å². The molecule has 0 N–H and O–H groups in total. The summed E-state index contributed by atoms with van der Waals surface area (Å²) in [6, 6.07) is 6.61. The van der Waals surface area contributed by atoms with E-state index in [1.807, 2.05) is 25.1 Å². The first-order valence-electron chi connectivity index (χ1n) is 9.22. The van der Waals surface area contributed by atoms with Crippen LogP contribution in [0, 0.1) is 6.92 Å². The summed E-state index contributed by atoms with van der Waals surface area (Å²) >= 11 is 4.93. The average molecular weight is 453 g/mol. The van der Waals surface area contributed by atoms with Crippen molar-refractivity contribution in [2.75, 3.05) is 26.8 Å². The Hall–Kier alpha value is -1.44. The van der Waals surface area contributed by atoms with Crippen molar-refractivity contribution >= 4 is 33.2 Å². The molecule has 1 aromatic carbocycles. The number of ether oxygens (including phenoxy) is 2. The van der Waals surface area contributed by atoms with Gasteiger partial charge in [0.15, 0.2) is 0 Å². The van der Waals surface area contributed by atoms with Gasteiger partial charge in [-0.15, -0.1) is 11.3 Å². The zero-order chi connectivity index (χ0) is 19.4. The molecule has 0 radical (unpaired) electrons. The highest BCUT2D eigenvalue weighted by atomic mass is 79.9. The number of hydrogen-bond acceptors (Lipinski definition) is 6. The number of aryl methyl sites for hydroxylation is 1. The SMILES string of the molecule is COC(=O)c1sc(-c2ccc(OCCCN3CCCC3C)c(Br)c2)nc1C. The van der Waals surface area contributed by atoms with Crippen molar-refractivity contribution in [3.63, 3.8) is 0 Å². The Morgan fingerprint density at radius 3 is 2.93 bits per heavy atom. The monoisotopic (exact) mass is 452 g/mol. The standard InChI is InChI=1S/C20H25BrN2O3S/c1-13-6-4-9-23(13)10-5-11-26-17-8-7-15(12-16(17)21)19-22-14(2)18(27-19)20(24)25-3/h7-8,12-13H,4-6,9-11H2,1-3H3. The first-order chi connectivity index (χ1) is 13.0. The molecule has 1 atom stereocenters. The largest absolute Gasteiger partial charge is 0.492 e. The summed E-state index contributed by atoms with van der Waals surface area (Å²) in [4.78, 5) is 19.4. The third kappa shape index (κ3) is 4.89. The summed E-state index contributed by atoms with van der Waals surface area (Å²) in [5, 5.41) is 0.795. The molecule has 0 bridgehead atoms. The third-order valence-electron chi connectivity index (χ3n) is 4.88. The molecule has 0 saturated carbocycles. The van der Waals surface area contributed by atoms with Crippen LogP contribution >= 0.6 is 27.3 Å². The van der Waals surface area contributed by atoms with Gasteiger partial charge in [-0.05, 0) is 73.8 Å². The van der Waals surface area contributed by atoms with Crippen molar-refractivity contribution in [2.24, 2.45) is 0 Å². The topological polar surface area (TPSA) is 51.7 Å². The van der Waals surface area contributed by atoms with Gasteiger partial charge in [0.2, 0.25) is 0 Å². The molecule has 2 heterocycles. The van der Waals surface area contributed by atoms with Crippen molar-refractivity contribution in [2.45, 2.75) is 39.2 Å². The number of thiazole rings is 1. The van der Waals surface area contributed by atoms with Crippen LogP contribution in [0.5, 0.6) is 5.75 Å². The maximum absolute atomic E-state index is 11.8. The number of nitrogens with zero attached hydrogens (tertiary/aromatic N) is 2. The molecule has 0 aliphatic carbocycles. The lowest BCUT2D eigenvalue weighted by Crippen LogP contribution is -2.28. The second-order valence-corrected chi connectivity index (χ2v) is 8.65. The van der Waals surface area contributed by atoms with Crippen LogP contribution in [0.3, 0.4) is 0 Å². The van der Waals surface area contributed by atoms with Crippen molar-refractivity contribution < 1.29 is 14.3 Å². The number of hydrogen-bond donors (Lipinski definition) is 0. The molecule has 1 fully saturated rings. The molecule has 5 nitrogen and oxygen atoms in total. The average Bonchev–Trinajstić information content (AvgIpc) is 3.24. The number of carbonyl (C=O) groups excluding carboxylic acids is 1.